The van der Waals surface area contributed by atoms with Crippen molar-refractivity contribution in [2.24, 2.45) is 0 Å². The largest absolute Gasteiger partial charge is 0.239 e. The molecule has 1 nitrogen and oxygen atoms in total. The number of rotatable bonds is 4. The molecule has 98 valence electrons. The maximum absolute atomic E-state index is 6.24. The number of hydrogen-bond acceptors (Lipinski definition) is 1. The molecular weight excluding hydrogens is 254 g/mol. The molecule has 2 heteroatoms. The van der Waals surface area contributed by atoms with Crippen molar-refractivity contribution in [3.8, 4) is 11.8 Å². The molecule has 0 saturated carbocycles. The number of unbranched alkanes of at least 4 members (excludes halogenated alkanes) is 4. The predicted octanol–water partition coefficient (Wildman–Crippen LogP) is 5.21. The topological polar surface area (TPSA) is 12.9 Å². The summed E-state index contributed by atoms with van der Waals surface area (Å²) in [6.45, 7) is 2.21. The summed E-state index contributed by atoms with van der Waals surface area (Å²) in [5.41, 5.74) is 1.67. The number of hydrogen-bond donors (Lipinski definition) is 0. The van der Waals surface area contributed by atoms with Crippen molar-refractivity contribution in [3.63, 3.8) is 0 Å². The maximum atomic E-state index is 6.24. The molecule has 0 saturated heterocycles. The number of halogens is 1. The Kier molecular flexibility index (Phi) is 5.24. The summed E-state index contributed by atoms with van der Waals surface area (Å²) in [5.74, 6) is 6.29. The molecule has 0 aliphatic rings. The molecule has 2 aromatic rings. The van der Waals surface area contributed by atoms with Crippen LogP contribution in [0.2, 0.25) is 5.02 Å². The normalized spacial score (nSPS) is 10.2. The first-order valence-electron chi connectivity index (χ1n) is 6.85. The summed E-state index contributed by atoms with van der Waals surface area (Å²) >= 11 is 6.24. The summed E-state index contributed by atoms with van der Waals surface area (Å²) in [7, 11) is 0. The second-order valence-corrected chi connectivity index (χ2v) is 5.03. The smallest absolute Gasteiger partial charge is 0.115 e. The van der Waals surface area contributed by atoms with Gasteiger partial charge in [0.1, 0.15) is 5.69 Å². The minimum absolute atomic E-state index is 0.723. The van der Waals surface area contributed by atoms with E-state index in [2.05, 4.69) is 23.7 Å². The first kappa shape index (κ1) is 13.9. The van der Waals surface area contributed by atoms with Crippen molar-refractivity contribution in [1.82, 2.24) is 4.98 Å². The van der Waals surface area contributed by atoms with Gasteiger partial charge in [-0.2, -0.15) is 0 Å². The average Bonchev–Trinajstić information content (AvgIpc) is 2.43. The Morgan fingerprint density at radius 1 is 1.16 bits per heavy atom. The van der Waals surface area contributed by atoms with Gasteiger partial charge in [0.25, 0.3) is 0 Å². The van der Waals surface area contributed by atoms with Crippen LogP contribution in [-0.4, -0.2) is 4.98 Å². The van der Waals surface area contributed by atoms with E-state index in [1.165, 1.54) is 25.7 Å². The lowest BCUT2D eigenvalue weighted by molar-refractivity contribution is 0.679. The number of benzene rings is 1. The zero-order chi connectivity index (χ0) is 13.5. The minimum Gasteiger partial charge on any atom is -0.239 e. The van der Waals surface area contributed by atoms with Crippen LogP contribution in [0.15, 0.2) is 30.3 Å². The van der Waals surface area contributed by atoms with E-state index in [1.807, 2.05) is 30.3 Å². The van der Waals surface area contributed by atoms with Gasteiger partial charge < -0.3 is 0 Å². The Balaban J connectivity index is 2.07. The van der Waals surface area contributed by atoms with E-state index >= 15 is 0 Å². The van der Waals surface area contributed by atoms with Crippen LogP contribution < -0.4 is 0 Å². The van der Waals surface area contributed by atoms with Crippen LogP contribution >= 0.6 is 11.6 Å². The third kappa shape index (κ3) is 3.98. The molecule has 1 heterocycles. The van der Waals surface area contributed by atoms with Gasteiger partial charge in [0.05, 0.1) is 10.5 Å². The molecule has 0 spiro atoms. The lowest BCUT2D eigenvalue weighted by Crippen LogP contribution is -1.85. The first-order valence-corrected chi connectivity index (χ1v) is 7.23. The highest BCUT2D eigenvalue weighted by Gasteiger charge is 2.01. The average molecular weight is 272 g/mol. The Bertz CT molecular complexity index is 607. The van der Waals surface area contributed by atoms with E-state index in [0.29, 0.717) is 0 Å². The number of aromatic nitrogens is 1. The van der Waals surface area contributed by atoms with Crippen molar-refractivity contribution < 1.29 is 0 Å². The summed E-state index contributed by atoms with van der Waals surface area (Å²) in [4.78, 5) is 4.51. The fourth-order valence-corrected chi connectivity index (χ4v) is 2.25. The van der Waals surface area contributed by atoms with Gasteiger partial charge in [-0.05, 0) is 24.5 Å². The standard InChI is InChI=1S/C17H18ClN/c1-2-3-4-5-6-7-10-14-13-16(18)15-11-8-9-12-17(15)19-14/h8-9,11-13H,2-6H2,1H3. The van der Waals surface area contributed by atoms with Crippen LogP contribution in [0, 0.1) is 11.8 Å². The van der Waals surface area contributed by atoms with Crippen molar-refractivity contribution in [2.45, 2.75) is 39.0 Å². The Morgan fingerprint density at radius 3 is 2.84 bits per heavy atom. The van der Waals surface area contributed by atoms with Gasteiger partial charge in [-0.25, -0.2) is 4.98 Å². The van der Waals surface area contributed by atoms with Gasteiger partial charge in [0.15, 0.2) is 0 Å². The lowest BCUT2D eigenvalue weighted by atomic mass is 10.1. The predicted molar refractivity (Wildman–Crippen MR) is 82.4 cm³/mol. The fourth-order valence-electron chi connectivity index (χ4n) is 1.99. The van der Waals surface area contributed by atoms with Gasteiger partial charge in [-0.15, -0.1) is 0 Å². The zero-order valence-electron chi connectivity index (χ0n) is 11.2. The molecule has 0 bridgehead atoms. The molecule has 0 aliphatic carbocycles. The molecule has 0 amide bonds. The molecule has 0 N–H and O–H groups in total. The van der Waals surface area contributed by atoms with Crippen molar-refractivity contribution in [1.29, 1.82) is 0 Å². The van der Waals surface area contributed by atoms with Crippen molar-refractivity contribution in [3.05, 3.63) is 41.0 Å². The highest BCUT2D eigenvalue weighted by atomic mass is 35.5. The SMILES string of the molecule is CCCCCCC#Cc1cc(Cl)c2ccccc2n1. The Morgan fingerprint density at radius 2 is 2.00 bits per heavy atom. The van der Waals surface area contributed by atoms with E-state index in [9.17, 15) is 0 Å². The van der Waals surface area contributed by atoms with Gasteiger partial charge in [0, 0.05) is 11.8 Å². The van der Waals surface area contributed by atoms with E-state index < -0.39 is 0 Å². The van der Waals surface area contributed by atoms with Crippen LogP contribution in [0.4, 0.5) is 0 Å². The van der Waals surface area contributed by atoms with Gasteiger partial charge in [-0.3, -0.25) is 0 Å². The summed E-state index contributed by atoms with van der Waals surface area (Å²) < 4.78 is 0. The van der Waals surface area contributed by atoms with E-state index in [4.69, 9.17) is 11.6 Å². The van der Waals surface area contributed by atoms with Crippen LogP contribution in [0.3, 0.4) is 0 Å². The quantitative estimate of drug-likeness (QED) is 0.549. The van der Waals surface area contributed by atoms with Crippen LogP contribution in [0.5, 0.6) is 0 Å². The highest BCUT2D eigenvalue weighted by molar-refractivity contribution is 6.35. The van der Waals surface area contributed by atoms with Crippen LogP contribution in [0.25, 0.3) is 10.9 Å². The summed E-state index contributed by atoms with van der Waals surface area (Å²) in [5, 5.41) is 1.71. The molecule has 0 radical (unpaired) electrons. The van der Waals surface area contributed by atoms with Crippen LogP contribution in [-0.2, 0) is 0 Å². The molecule has 0 aliphatic heterocycles. The Labute approximate surface area is 120 Å². The summed E-state index contributed by atoms with van der Waals surface area (Å²) in [6, 6.07) is 9.73. The van der Waals surface area contributed by atoms with Crippen LogP contribution in [0.1, 0.15) is 44.7 Å². The molecule has 0 atom stereocenters. The third-order valence-electron chi connectivity index (χ3n) is 3.04. The first-order chi connectivity index (χ1) is 9.31. The third-order valence-corrected chi connectivity index (χ3v) is 3.35. The highest BCUT2D eigenvalue weighted by Crippen LogP contribution is 2.22. The summed E-state index contributed by atoms with van der Waals surface area (Å²) in [6.07, 6.45) is 5.92. The van der Waals surface area contributed by atoms with E-state index in [-0.39, 0.29) is 0 Å². The second-order valence-electron chi connectivity index (χ2n) is 4.62. The van der Waals surface area contributed by atoms with Gasteiger partial charge in [0.2, 0.25) is 0 Å². The lowest BCUT2D eigenvalue weighted by Gasteiger charge is -2.00. The zero-order valence-corrected chi connectivity index (χ0v) is 12.0. The fraction of sp³-hybridized carbons (Fsp3) is 0.353. The number of para-hydroxylation sites is 1. The number of pyridine rings is 1. The van der Waals surface area contributed by atoms with Gasteiger partial charge in [-0.1, -0.05) is 61.9 Å². The van der Waals surface area contributed by atoms with Crippen molar-refractivity contribution in [2.75, 3.05) is 0 Å². The number of nitrogens with zero attached hydrogens (tertiary/aromatic N) is 1. The van der Waals surface area contributed by atoms with E-state index in [0.717, 1.165) is 28.0 Å². The maximum Gasteiger partial charge on any atom is 0.115 e. The Hall–Kier alpha value is -1.52. The monoisotopic (exact) mass is 271 g/mol. The van der Waals surface area contributed by atoms with Gasteiger partial charge >= 0.3 is 0 Å². The molecule has 0 unspecified atom stereocenters. The molecule has 2 rings (SSSR count). The molecule has 1 aromatic carbocycles. The van der Waals surface area contributed by atoms with E-state index in [1.54, 1.807) is 0 Å². The molecule has 0 fully saturated rings. The minimum atomic E-state index is 0.723. The molecule has 1 aromatic heterocycles. The number of fused-ring (bicyclic) bond motifs is 1. The molecular formula is C17H18ClN. The molecule has 19 heavy (non-hydrogen) atoms. The van der Waals surface area contributed by atoms with Crippen molar-refractivity contribution >= 4 is 22.5 Å². The second kappa shape index (κ2) is 7.16.